The lowest BCUT2D eigenvalue weighted by molar-refractivity contribution is 0.0982. The second-order valence-corrected chi connectivity index (χ2v) is 8.51. The van der Waals surface area contributed by atoms with Crippen molar-refractivity contribution in [3.05, 3.63) is 72.0 Å². The molecule has 0 atom stereocenters. The number of Topliss-reactive ketones (excluding diaryl/α,β-unsaturated/α-hetero) is 2. The molecule has 150 valence electrons. The Labute approximate surface area is 195 Å². The summed E-state index contributed by atoms with van der Waals surface area (Å²) in [5.41, 5.74) is 0.951. The number of halogens is 5. The second-order valence-electron chi connectivity index (χ2n) is 6.01. The van der Waals surface area contributed by atoms with Crippen molar-refractivity contribution < 1.29 is 9.59 Å². The number of carbonyl (C=O) groups excluding carboxylic acids is 2. The zero-order valence-corrected chi connectivity index (χ0v) is 19.5. The molecule has 0 aliphatic heterocycles. The summed E-state index contributed by atoms with van der Waals surface area (Å²) in [4.78, 5) is 29.6. The average Bonchev–Trinajstić information content (AvgIpc) is 3.04. The second kappa shape index (κ2) is 9.14. The van der Waals surface area contributed by atoms with Crippen LogP contribution in [0, 0.1) is 0 Å². The fourth-order valence-corrected chi connectivity index (χ4v) is 4.14. The van der Waals surface area contributed by atoms with Crippen molar-refractivity contribution in [3.63, 3.8) is 0 Å². The van der Waals surface area contributed by atoms with Crippen LogP contribution in [0.4, 0.5) is 0 Å². The predicted octanol–water partition coefficient (Wildman–Crippen LogP) is 6.66. The lowest BCUT2D eigenvalue weighted by Gasteiger charge is -2.12. The molecule has 0 spiro atoms. The molecule has 0 N–H and O–H groups in total. The molecule has 0 bridgehead atoms. The van der Waals surface area contributed by atoms with Gasteiger partial charge in [0.25, 0.3) is 0 Å². The molecule has 10 heteroatoms. The maximum Gasteiger partial charge on any atom is 0.185 e. The summed E-state index contributed by atoms with van der Waals surface area (Å²) in [7, 11) is 0. The highest BCUT2D eigenvalue weighted by molar-refractivity contribution is 9.10. The summed E-state index contributed by atoms with van der Waals surface area (Å²) in [6.45, 7) is 1.73. The Morgan fingerprint density at radius 3 is 2.34 bits per heavy atom. The maximum atomic E-state index is 13.1. The molecule has 0 fully saturated rings. The number of pyridine rings is 1. The van der Waals surface area contributed by atoms with E-state index in [2.05, 4.69) is 26.0 Å². The van der Waals surface area contributed by atoms with Gasteiger partial charge in [-0.2, -0.15) is 5.10 Å². The van der Waals surface area contributed by atoms with Crippen molar-refractivity contribution >= 4 is 73.9 Å². The quantitative estimate of drug-likeness (QED) is 0.331. The Balaban J connectivity index is 2.05. The van der Waals surface area contributed by atoms with Crippen molar-refractivity contribution in [2.75, 3.05) is 0 Å². The summed E-state index contributed by atoms with van der Waals surface area (Å²) in [6, 6.07) is 6.07. The van der Waals surface area contributed by atoms with Crippen LogP contribution in [0.25, 0.3) is 5.82 Å². The van der Waals surface area contributed by atoms with E-state index in [1.807, 2.05) is 0 Å². The van der Waals surface area contributed by atoms with E-state index in [0.717, 1.165) is 0 Å². The van der Waals surface area contributed by atoms with Crippen LogP contribution in [-0.4, -0.2) is 26.3 Å². The van der Waals surface area contributed by atoms with Gasteiger partial charge in [0, 0.05) is 40.7 Å². The van der Waals surface area contributed by atoms with Crippen LogP contribution in [0.3, 0.4) is 0 Å². The van der Waals surface area contributed by atoms with Crippen LogP contribution in [0.15, 0.2) is 35.1 Å². The SMILES string of the molecule is CCC(=O)c1cc(Cl)cc(Cl)c1CC(=O)c1cc(Br)nn1-c1ncc(Cl)cc1Cl. The zero-order valence-electron chi connectivity index (χ0n) is 14.8. The van der Waals surface area contributed by atoms with E-state index >= 15 is 0 Å². The number of hydrogen-bond acceptors (Lipinski definition) is 4. The summed E-state index contributed by atoms with van der Waals surface area (Å²) < 4.78 is 1.73. The molecule has 3 aromatic rings. The van der Waals surface area contributed by atoms with Crippen molar-refractivity contribution in [2.45, 2.75) is 19.8 Å². The van der Waals surface area contributed by atoms with Crippen LogP contribution >= 0.6 is 62.3 Å². The summed E-state index contributed by atoms with van der Waals surface area (Å²) in [5.74, 6) is -0.239. The van der Waals surface area contributed by atoms with Gasteiger partial charge in [0.2, 0.25) is 0 Å². The number of benzene rings is 1. The molecular weight excluding hydrogens is 524 g/mol. The van der Waals surface area contributed by atoms with Gasteiger partial charge in [0.1, 0.15) is 10.3 Å². The van der Waals surface area contributed by atoms with Gasteiger partial charge in [0.15, 0.2) is 17.4 Å². The highest BCUT2D eigenvalue weighted by Crippen LogP contribution is 2.29. The number of rotatable bonds is 6. The molecule has 0 radical (unpaired) electrons. The minimum atomic E-state index is -0.328. The van der Waals surface area contributed by atoms with Gasteiger partial charge in [-0.3, -0.25) is 9.59 Å². The highest BCUT2D eigenvalue weighted by Gasteiger charge is 2.23. The van der Waals surface area contributed by atoms with Gasteiger partial charge in [-0.25, -0.2) is 9.67 Å². The molecule has 0 amide bonds. The molecule has 1 aromatic carbocycles. The first-order valence-electron chi connectivity index (χ1n) is 8.32. The molecule has 2 aromatic heterocycles. The molecule has 3 rings (SSSR count). The van der Waals surface area contributed by atoms with Crippen molar-refractivity contribution in [1.29, 1.82) is 0 Å². The number of carbonyl (C=O) groups is 2. The molecule has 2 heterocycles. The van der Waals surface area contributed by atoms with Crippen molar-refractivity contribution in [2.24, 2.45) is 0 Å². The largest absolute Gasteiger partial charge is 0.294 e. The fraction of sp³-hybridized carbons (Fsp3) is 0.158. The summed E-state index contributed by atoms with van der Waals surface area (Å²) in [6.07, 6.45) is 1.53. The normalized spacial score (nSPS) is 11.0. The molecule has 5 nitrogen and oxygen atoms in total. The Kier molecular flexibility index (Phi) is 7.02. The first kappa shape index (κ1) is 22.2. The first-order valence-corrected chi connectivity index (χ1v) is 10.6. The summed E-state index contributed by atoms with van der Waals surface area (Å²) in [5, 5.41) is 5.40. The van der Waals surface area contributed by atoms with E-state index in [4.69, 9.17) is 46.4 Å². The molecule has 0 unspecified atom stereocenters. The Bertz CT molecular complexity index is 1130. The number of nitrogens with zero attached hydrogens (tertiary/aromatic N) is 3. The van der Waals surface area contributed by atoms with Gasteiger partial charge in [-0.15, -0.1) is 0 Å². The Morgan fingerprint density at radius 1 is 1.00 bits per heavy atom. The number of hydrogen-bond donors (Lipinski definition) is 0. The van der Waals surface area contributed by atoms with Gasteiger partial charge >= 0.3 is 0 Å². The lowest BCUT2D eigenvalue weighted by atomic mass is 9.97. The summed E-state index contributed by atoms with van der Waals surface area (Å²) >= 11 is 27.7. The lowest BCUT2D eigenvalue weighted by Crippen LogP contribution is -2.15. The highest BCUT2D eigenvalue weighted by atomic mass is 79.9. The zero-order chi connectivity index (χ0) is 21.3. The standard InChI is InChI=1S/C19H12BrCl4N3O2/c1-2-16(28)12-3-9(21)4-13(23)11(12)6-17(29)15-7-18(20)26-27(15)19-14(24)5-10(22)8-25-19/h3-5,7-8H,2,6H2,1H3. The topological polar surface area (TPSA) is 64.8 Å². The number of aromatic nitrogens is 3. The van der Waals surface area contributed by atoms with Crippen LogP contribution in [0.5, 0.6) is 0 Å². The molecule has 0 saturated carbocycles. The molecular formula is C19H12BrCl4N3O2. The van der Waals surface area contributed by atoms with Crippen LogP contribution in [-0.2, 0) is 6.42 Å². The van der Waals surface area contributed by atoms with Crippen molar-refractivity contribution in [3.8, 4) is 5.82 Å². The first-order chi connectivity index (χ1) is 13.7. The van der Waals surface area contributed by atoms with E-state index in [9.17, 15) is 9.59 Å². The Hall–Kier alpha value is -1.44. The van der Waals surface area contributed by atoms with Gasteiger partial charge in [-0.1, -0.05) is 53.3 Å². The van der Waals surface area contributed by atoms with Crippen molar-refractivity contribution in [1.82, 2.24) is 14.8 Å². The van der Waals surface area contributed by atoms with Gasteiger partial charge < -0.3 is 0 Å². The van der Waals surface area contributed by atoms with Gasteiger partial charge in [-0.05, 0) is 39.7 Å². The minimum absolute atomic E-state index is 0.125. The molecule has 0 saturated heterocycles. The van der Waals surface area contributed by atoms with E-state index in [-0.39, 0.29) is 46.0 Å². The predicted molar refractivity (Wildman–Crippen MR) is 118 cm³/mol. The smallest absolute Gasteiger partial charge is 0.185 e. The van der Waals surface area contributed by atoms with E-state index < -0.39 is 0 Å². The monoisotopic (exact) mass is 533 g/mol. The number of ketones is 2. The third kappa shape index (κ3) is 4.84. The van der Waals surface area contributed by atoms with Crippen LogP contribution < -0.4 is 0 Å². The molecule has 0 aliphatic rings. The van der Waals surface area contributed by atoms with E-state index in [1.165, 1.54) is 29.1 Å². The third-order valence-corrected chi connectivity index (χ3v) is 5.50. The molecule has 0 aliphatic carbocycles. The average molecular weight is 536 g/mol. The Morgan fingerprint density at radius 2 is 1.69 bits per heavy atom. The van der Waals surface area contributed by atoms with Crippen LogP contribution in [0.1, 0.15) is 39.8 Å². The van der Waals surface area contributed by atoms with Gasteiger partial charge in [0.05, 0.1) is 10.0 Å². The third-order valence-electron chi connectivity index (χ3n) is 4.07. The van der Waals surface area contributed by atoms with Crippen LogP contribution in [0.2, 0.25) is 20.1 Å². The maximum absolute atomic E-state index is 13.1. The minimum Gasteiger partial charge on any atom is -0.294 e. The fourth-order valence-electron chi connectivity index (χ4n) is 2.75. The van der Waals surface area contributed by atoms with E-state index in [0.29, 0.717) is 25.8 Å². The van der Waals surface area contributed by atoms with E-state index in [1.54, 1.807) is 13.0 Å². The molecule has 29 heavy (non-hydrogen) atoms.